The summed E-state index contributed by atoms with van der Waals surface area (Å²) in [4.78, 5) is 12.9. The van der Waals surface area contributed by atoms with Crippen LogP contribution < -0.4 is 5.32 Å². The van der Waals surface area contributed by atoms with E-state index in [1.54, 1.807) is 22.5 Å². The number of rotatable bonds is 7. The number of carbonyl (C=O) groups excluding carboxylic acids is 1. The molecule has 3 aromatic rings. The highest BCUT2D eigenvalue weighted by atomic mass is 32.2. The van der Waals surface area contributed by atoms with E-state index in [0.29, 0.717) is 30.1 Å². The maximum Gasteiger partial charge on any atom is 0.251 e. The molecule has 1 amide bonds. The summed E-state index contributed by atoms with van der Waals surface area (Å²) < 4.78 is 27.3. The van der Waals surface area contributed by atoms with Crippen LogP contribution in [0.5, 0.6) is 0 Å². The molecular formula is C26H28N2O3S. The summed E-state index contributed by atoms with van der Waals surface area (Å²) in [6, 6.07) is 24.4. The number of nitrogens with zero attached hydrogens (tertiary/aromatic N) is 1. The lowest BCUT2D eigenvalue weighted by atomic mass is 10.0. The molecule has 1 N–H and O–H groups in total. The van der Waals surface area contributed by atoms with Crippen molar-refractivity contribution in [2.24, 2.45) is 0 Å². The molecule has 0 aromatic heterocycles. The van der Waals surface area contributed by atoms with E-state index in [2.05, 4.69) is 5.32 Å². The number of hydrogen-bond acceptors (Lipinski definition) is 3. The molecule has 0 atom stereocenters. The Labute approximate surface area is 190 Å². The van der Waals surface area contributed by atoms with Crippen LogP contribution in [0.1, 0.15) is 35.2 Å². The van der Waals surface area contributed by atoms with E-state index in [9.17, 15) is 13.2 Å². The van der Waals surface area contributed by atoms with Crippen LogP contribution >= 0.6 is 0 Å². The SMILES string of the molecule is O=C(NCCc1ccccc1)c1cccc(-c2ccc(S(=O)(=O)N3CCCCC3)cc2)c1. The van der Waals surface area contributed by atoms with Crippen molar-refractivity contribution in [2.75, 3.05) is 19.6 Å². The first-order chi connectivity index (χ1) is 15.5. The fraction of sp³-hybridized carbons (Fsp3) is 0.269. The molecule has 0 unspecified atom stereocenters. The summed E-state index contributed by atoms with van der Waals surface area (Å²) in [5, 5.41) is 2.97. The maximum atomic E-state index is 12.9. The Balaban J connectivity index is 1.43. The van der Waals surface area contributed by atoms with Crippen LogP contribution in [0, 0.1) is 0 Å². The predicted molar refractivity (Wildman–Crippen MR) is 127 cm³/mol. The Morgan fingerprint density at radius 2 is 1.53 bits per heavy atom. The number of benzene rings is 3. The molecule has 1 saturated heterocycles. The molecule has 0 radical (unpaired) electrons. The summed E-state index contributed by atoms with van der Waals surface area (Å²) in [7, 11) is -3.45. The molecule has 1 aliphatic rings. The molecule has 6 heteroatoms. The maximum absolute atomic E-state index is 12.9. The van der Waals surface area contributed by atoms with E-state index in [0.717, 1.165) is 36.8 Å². The van der Waals surface area contributed by atoms with Crippen LogP contribution in [0.25, 0.3) is 11.1 Å². The standard InChI is InChI=1S/C26H28N2O3S/c29-26(27-17-16-21-8-3-1-4-9-21)24-11-7-10-23(20-24)22-12-14-25(15-13-22)32(30,31)28-18-5-2-6-19-28/h1,3-4,7-15,20H,2,5-6,16-19H2,(H,27,29). The normalized spacial score (nSPS) is 14.8. The van der Waals surface area contributed by atoms with Gasteiger partial charge in [0.15, 0.2) is 0 Å². The van der Waals surface area contributed by atoms with Crippen molar-refractivity contribution in [1.29, 1.82) is 0 Å². The summed E-state index contributed by atoms with van der Waals surface area (Å²) >= 11 is 0. The highest BCUT2D eigenvalue weighted by molar-refractivity contribution is 7.89. The van der Waals surface area contributed by atoms with Crippen LogP contribution in [-0.4, -0.2) is 38.3 Å². The minimum Gasteiger partial charge on any atom is -0.352 e. The van der Waals surface area contributed by atoms with Gasteiger partial charge in [-0.05, 0) is 60.2 Å². The third kappa shape index (κ3) is 5.26. The fourth-order valence-corrected chi connectivity index (χ4v) is 5.50. The first kappa shape index (κ1) is 22.2. The molecule has 3 aromatic carbocycles. The second-order valence-corrected chi connectivity index (χ2v) is 10.00. The zero-order chi connectivity index (χ0) is 22.4. The van der Waals surface area contributed by atoms with E-state index in [-0.39, 0.29) is 5.91 Å². The van der Waals surface area contributed by atoms with Gasteiger partial charge in [-0.3, -0.25) is 4.79 Å². The van der Waals surface area contributed by atoms with Gasteiger partial charge in [0.1, 0.15) is 0 Å². The van der Waals surface area contributed by atoms with Crippen molar-refractivity contribution in [3.8, 4) is 11.1 Å². The van der Waals surface area contributed by atoms with Crippen molar-refractivity contribution >= 4 is 15.9 Å². The molecule has 32 heavy (non-hydrogen) atoms. The van der Waals surface area contributed by atoms with E-state index in [4.69, 9.17) is 0 Å². The van der Waals surface area contributed by atoms with Gasteiger partial charge in [0.05, 0.1) is 4.90 Å². The van der Waals surface area contributed by atoms with Gasteiger partial charge in [-0.15, -0.1) is 0 Å². The Kier molecular flexibility index (Phi) is 7.02. The van der Waals surface area contributed by atoms with Crippen molar-refractivity contribution in [3.05, 3.63) is 90.0 Å². The largest absolute Gasteiger partial charge is 0.352 e. The molecule has 0 saturated carbocycles. The molecule has 0 bridgehead atoms. The molecule has 5 nitrogen and oxygen atoms in total. The van der Waals surface area contributed by atoms with Crippen molar-refractivity contribution < 1.29 is 13.2 Å². The highest BCUT2D eigenvalue weighted by Crippen LogP contribution is 2.25. The number of carbonyl (C=O) groups is 1. The van der Waals surface area contributed by atoms with Crippen molar-refractivity contribution in [1.82, 2.24) is 9.62 Å². The van der Waals surface area contributed by atoms with Crippen LogP contribution in [0.2, 0.25) is 0 Å². The third-order valence-corrected chi connectivity index (χ3v) is 7.72. The Morgan fingerprint density at radius 1 is 0.812 bits per heavy atom. The lowest BCUT2D eigenvalue weighted by Gasteiger charge is -2.25. The Hall–Kier alpha value is -2.96. The molecule has 166 valence electrons. The number of piperidine rings is 1. The summed E-state index contributed by atoms with van der Waals surface area (Å²) in [5.41, 5.74) is 3.52. The number of sulfonamides is 1. The first-order valence-corrected chi connectivity index (χ1v) is 12.5. The molecular weight excluding hydrogens is 420 g/mol. The van der Waals surface area contributed by atoms with E-state index < -0.39 is 10.0 Å². The molecule has 1 heterocycles. The van der Waals surface area contributed by atoms with Gasteiger partial charge >= 0.3 is 0 Å². The number of amides is 1. The molecule has 4 rings (SSSR count). The fourth-order valence-electron chi connectivity index (χ4n) is 3.98. The molecule has 0 aliphatic carbocycles. The molecule has 0 spiro atoms. The minimum atomic E-state index is -3.45. The summed E-state index contributed by atoms with van der Waals surface area (Å²) in [6.45, 7) is 1.74. The van der Waals surface area contributed by atoms with E-state index >= 15 is 0 Å². The minimum absolute atomic E-state index is 0.118. The Morgan fingerprint density at radius 3 is 2.25 bits per heavy atom. The van der Waals surface area contributed by atoms with Crippen LogP contribution in [0.15, 0.2) is 83.8 Å². The first-order valence-electron chi connectivity index (χ1n) is 11.1. The topological polar surface area (TPSA) is 66.5 Å². The quantitative estimate of drug-likeness (QED) is 0.579. The van der Waals surface area contributed by atoms with Gasteiger partial charge in [-0.1, -0.05) is 61.0 Å². The average molecular weight is 449 g/mol. The number of hydrogen-bond donors (Lipinski definition) is 1. The van der Waals surface area contributed by atoms with Crippen LogP contribution in [0.3, 0.4) is 0 Å². The molecule has 1 fully saturated rings. The van der Waals surface area contributed by atoms with Gasteiger partial charge < -0.3 is 5.32 Å². The number of nitrogens with one attached hydrogen (secondary N) is 1. The van der Waals surface area contributed by atoms with Gasteiger partial charge in [0.2, 0.25) is 10.0 Å². The van der Waals surface area contributed by atoms with Crippen LogP contribution in [-0.2, 0) is 16.4 Å². The van der Waals surface area contributed by atoms with Crippen molar-refractivity contribution in [3.63, 3.8) is 0 Å². The zero-order valence-electron chi connectivity index (χ0n) is 18.0. The monoisotopic (exact) mass is 448 g/mol. The predicted octanol–water partition coefficient (Wildman–Crippen LogP) is 4.50. The Bertz CT molecular complexity index is 1150. The smallest absolute Gasteiger partial charge is 0.251 e. The lowest BCUT2D eigenvalue weighted by Crippen LogP contribution is -2.35. The summed E-state index contributed by atoms with van der Waals surface area (Å²) in [6.07, 6.45) is 3.69. The van der Waals surface area contributed by atoms with Crippen LogP contribution in [0.4, 0.5) is 0 Å². The summed E-state index contributed by atoms with van der Waals surface area (Å²) in [5.74, 6) is -0.118. The van der Waals surface area contributed by atoms with E-state index in [1.165, 1.54) is 5.56 Å². The molecule has 1 aliphatic heterocycles. The average Bonchev–Trinajstić information content (AvgIpc) is 2.85. The zero-order valence-corrected chi connectivity index (χ0v) is 18.9. The van der Waals surface area contributed by atoms with Gasteiger partial charge in [0, 0.05) is 25.2 Å². The second-order valence-electron chi connectivity index (χ2n) is 8.06. The lowest BCUT2D eigenvalue weighted by molar-refractivity contribution is 0.0954. The third-order valence-electron chi connectivity index (χ3n) is 5.81. The van der Waals surface area contributed by atoms with Gasteiger partial charge in [-0.25, -0.2) is 8.42 Å². The van der Waals surface area contributed by atoms with Gasteiger partial charge in [-0.2, -0.15) is 4.31 Å². The van der Waals surface area contributed by atoms with E-state index in [1.807, 2.05) is 60.7 Å². The second kappa shape index (κ2) is 10.1. The van der Waals surface area contributed by atoms with Gasteiger partial charge in [0.25, 0.3) is 5.91 Å². The highest BCUT2D eigenvalue weighted by Gasteiger charge is 2.25. The van der Waals surface area contributed by atoms with Crippen molar-refractivity contribution in [2.45, 2.75) is 30.6 Å².